The molecule has 3 rings (SSSR count). The molecular formula is C28H29BrCl2N2O3. The van der Waals surface area contributed by atoms with Gasteiger partial charge in [-0.25, -0.2) is 0 Å². The van der Waals surface area contributed by atoms with Gasteiger partial charge in [0.25, 0.3) is 5.91 Å². The van der Waals surface area contributed by atoms with E-state index in [-0.39, 0.29) is 30.9 Å². The number of rotatable bonds is 11. The summed E-state index contributed by atoms with van der Waals surface area (Å²) in [6.45, 7) is 4.45. The van der Waals surface area contributed by atoms with Gasteiger partial charge in [-0.1, -0.05) is 89.4 Å². The highest BCUT2D eigenvalue weighted by atomic mass is 79.9. The summed E-state index contributed by atoms with van der Waals surface area (Å²) < 4.78 is 6.68. The summed E-state index contributed by atoms with van der Waals surface area (Å²) in [6, 6.07) is 21.2. The summed E-state index contributed by atoms with van der Waals surface area (Å²) in [4.78, 5) is 28.6. The molecule has 0 bridgehead atoms. The second kappa shape index (κ2) is 13.7. The van der Waals surface area contributed by atoms with Crippen molar-refractivity contribution in [3.05, 3.63) is 98.4 Å². The van der Waals surface area contributed by atoms with Crippen molar-refractivity contribution in [3.8, 4) is 5.75 Å². The van der Waals surface area contributed by atoms with E-state index >= 15 is 0 Å². The summed E-state index contributed by atoms with van der Waals surface area (Å²) >= 11 is 15.9. The Bertz CT molecular complexity index is 1160. The smallest absolute Gasteiger partial charge is 0.261 e. The number of nitrogens with one attached hydrogen (secondary N) is 1. The van der Waals surface area contributed by atoms with Crippen molar-refractivity contribution in [2.24, 2.45) is 5.92 Å². The molecule has 1 N–H and O–H groups in total. The molecule has 2 amide bonds. The predicted molar refractivity (Wildman–Crippen MR) is 148 cm³/mol. The topological polar surface area (TPSA) is 58.6 Å². The van der Waals surface area contributed by atoms with Gasteiger partial charge in [0.2, 0.25) is 5.91 Å². The zero-order valence-corrected chi connectivity index (χ0v) is 23.3. The molecule has 0 radical (unpaired) electrons. The van der Waals surface area contributed by atoms with Gasteiger partial charge in [-0.15, -0.1) is 0 Å². The van der Waals surface area contributed by atoms with Gasteiger partial charge in [0.1, 0.15) is 11.8 Å². The minimum absolute atomic E-state index is 0.130. The van der Waals surface area contributed by atoms with Gasteiger partial charge in [0, 0.05) is 34.0 Å². The molecule has 0 aliphatic carbocycles. The van der Waals surface area contributed by atoms with Gasteiger partial charge < -0.3 is 15.0 Å². The fraction of sp³-hybridized carbons (Fsp3) is 0.286. The van der Waals surface area contributed by atoms with E-state index in [0.29, 0.717) is 34.3 Å². The summed E-state index contributed by atoms with van der Waals surface area (Å²) in [6.07, 6.45) is 0.347. The molecule has 3 aromatic rings. The lowest BCUT2D eigenvalue weighted by Gasteiger charge is -2.32. The molecule has 0 aromatic heterocycles. The first-order chi connectivity index (χ1) is 17.2. The lowest BCUT2D eigenvalue weighted by molar-refractivity contribution is -0.142. The predicted octanol–water partition coefficient (Wildman–Crippen LogP) is 6.55. The van der Waals surface area contributed by atoms with Crippen LogP contribution in [0.5, 0.6) is 5.75 Å². The van der Waals surface area contributed by atoms with Gasteiger partial charge in [-0.05, 0) is 53.4 Å². The number of nitrogens with zero attached hydrogens (tertiary/aromatic N) is 1. The number of hydrogen-bond acceptors (Lipinski definition) is 3. The van der Waals surface area contributed by atoms with Crippen LogP contribution in [0.25, 0.3) is 0 Å². The van der Waals surface area contributed by atoms with E-state index in [2.05, 4.69) is 21.2 Å². The normalized spacial score (nSPS) is 11.7. The van der Waals surface area contributed by atoms with Crippen molar-refractivity contribution in [1.82, 2.24) is 10.2 Å². The molecule has 0 aliphatic heterocycles. The minimum Gasteiger partial charge on any atom is -0.484 e. The second-order valence-electron chi connectivity index (χ2n) is 8.84. The maximum absolute atomic E-state index is 13.6. The Morgan fingerprint density at radius 3 is 2.33 bits per heavy atom. The molecule has 0 aliphatic rings. The zero-order chi connectivity index (χ0) is 26.1. The molecular weight excluding hydrogens is 563 g/mol. The van der Waals surface area contributed by atoms with Gasteiger partial charge in [0.05, 0.1) is 0 Å². The highest BCUT2D eigenvalue weighted by Crippen LogP contribution is 2.24. The molecule has 1 unspecified atom stereocenters. The number of carbonyl (C=O) groups excluding carboxylic acids is 2. The van der Waals surface area contributed by atoms with Crippen LogP contribution in [0.4, 0.5) is 0 Å². The monoisotopic (exact) mass is 590 g/mol. The van der Waals surface area contributed by atoms with Crippen LogP contribution in [-0.2, 0) is 22.6 Å². The number of benzene rings is 3. The summed E-state index contributed by atoms with van der Waals surface area (Å²) in [5, 5.41) is 3.92. The third-order valence-electron chi connectivity index (χ3n) is 5.49. The van der Waals surface area contributed by atoms with E-state index in [0.717, 1.165) is 10.0 Å². The Kier molecular flexibility index (Phi) is 10.7. The van der Waals surface area contributed by atoms with Gasteiger partial charge in [0.15, 0.2) is 6.61 Å². The molecule has 1 atom stereocenters. The molecule has 0 spiro atoms. The molecule has 36 heavy (non-hydrogen) atoms. The second-order valence-corrected chi connectivity index (χ2v) is 10.6. The third kappa shape index (κ3) is 8.54. The molecule has 0 fully saturated rings. The quantitative estimate of drug-likeness (QED) is 0.275. The SMILES string of the molecule is CC(C)CNC(=O)C(Cc1ccccc1)N(Cc1ccc(Cl)cc1Cl)C(=O)COc1ccc(Br)cc1. The van der Waals surface area contributed by atoms with E-state index in [1.54, 1.807) is 30.3 Å². The summed E-state index contributed by atoms with van der Waals surface area (Å²) in [7, 11) is 0. The third-order valence-corrected chi connectivity index (χ3v) is 6.60. The van der Waals surface area contributed by atoms with Crippen molar-refractivity contribution >= 4 is 50.9 Å². The van der Waals surface area contributed by atoms with Crippen LogP contribution in [0.1, 0.15) is 25.0 Å². The maximum Gasteiger partial charge on any atom is 0.261 e. The zero-order valence-electron chi connectivity index (χ0n) is 20.2. The van der Waals surface area contributed by atoms with Crippen LogP contribution in [0.3, 0.4) is 0 Å². The van der Waals surface area contributed by atoms with Gasteiger partial charge >= 0.3 is 0 Å². The average molecular weight is 592 g/mol. The number of carbonyl (C=O) groups is 2. The first kappa shape index (κ1) is 28.0. The maximum atomic E-state index is 13.6. The fourth-order valence-electron chi connectivity index (χ4n) is 3.57. The number of halogens is 3. The van der Waals surface area contributed by atoms with Crippen LogP contribution in [0.2, 0.25) is 10.0 Å². The Morgan fingerprint density at radius 1 is 1.00 bits per heavy atom. The summed E-state index contributed by atoms with van der Waals surface area (Å²) in [5.74, 6) is 0.265. The molecule has 5 nitrogen and oxygen atoms in total. The van der Waals surface area contributed by atoms with E-state index < -0.39 is 6.04 Å². The number of amides is 2. The lowest BCUT2D eigenvalue weighted by atomic mass is 10.0. The molecule has 8 heteroatoms. The Balaban J connectivity index is 1.92. The summed E-state index contributed by atoms with van der Waals surface area (Å²) in [5.41, 5.74) is 1.63. The van der Waals surface area contributed by atoms with Crippen LogP contribution in [0.15, 0.2) is 77.3 Å². The molecule has 0 saturated carbocycles. The minimum atomic E-state index is -0.765. The van der Waals surface area contributed by atoms with Crippen molar-refractivity contribution in [2.75, 3.05) is 13.2 Å². The number of ether oxygens (including phenoxy) is 1. The standard InChI is InChI=1S/C28H29BrCl2N2O3/c1-19(2)16-32-28(35)26(14-20-6-4-3-5-7-20)33(17-21-8-11-23(30)15-25(21)31)27(34)18-36-24-12-9-22(29)10-13-24/h3-13,15,19,26H,14,16-18H2,1-2H3,(H,32,35). The van der Waals surface area contributed by atoms with Crippen LogP contribution in [0, 0.1) is 5.92 Å². The molecule has 3 aromatic carbocycles. The molecule has 190 valence electrons. The largest absolute Gasteiger partial charge is 0.484 e. The van der Waals surface area contributed by atoms with Crippen molar-refractivity contribution < 1.29 is 14.3 Å². The fourth-order valence-corrected chi connectivity index (χ4v) is 4.30. The van der Waals surface area contributed by atoms with E-state index in [1.807, 2.05) is 56.3 Å². The highest BCUT2D eigenvalue weighted by Gasteiger charge is 2.31. The van der Waals surface area contributed by atoms with Crippen molar-refractivity contribution in [2.45, 2.75) is 32.9 Å². The Labute approximate surface area is 230 Å². The molecule has 0 saturated heterocycles. The first-order valence-electron chi connectivity index (χ1n) is 11.7. The van der Waals surface area contributed by atoms with Gasteiger partial charge in [-0.2, -0.15) is 0 Å². The molecule has 0 heterocycles. The van der Waals surface area contributed by atoms with E-state index in [4.69, 9.17) is 27.9 Å². The van der Waals surface area contributed by atoms with E-state index in [1.165, 1.54) is 4.90 Å². The highest BCUT2D eigenvalue weighted by molar-refractivity contribution is 9.10. The average Bonchev–Trinajstić information content (AvgIpc) is 2.86. The van der Waals surface area contributed by atoms with Gasteiger partial charge in [-0.3, -0.25) is 9.59 Å². The van der Waals surface area contributed by atoms with Crippen LogP contribution in [-0.4, -0.2) is 35.9 Å². The van der Waals surface area contributed by atoms with E-state index in [9.17, 15) is 9.59 Å². The Hall–Kier alpha value is -2.54. The van der Waals surface area contributed by atoms with Crippen molar-refractivity contribution in [1.29, 1.82) is 0 Å². The van der Waals surface area contributed by atoms with Crippen LogP contribution < -0.4 is 10.1 Å². The Morgan fingerprint density at radius 2 is 1.69 bits per heavy atom. The first-order valence-corrected chi connectivity index (χ1v) is 13.2. The van der Waals surface area contributed by atoms with Crippen LogP contribution >= 0.6 is 39.1 Å². The van der Waals surface area contributed by atoms with Crippen molar-refractivity contribution in [3.63, 3.8) is 0 Å². The lowest BCUT2D eigenvalue weighted by Crippen LogP contribution is -2.52. The number of hydrogen-bond donors (Lipinski definition) is 1.